The molecule has 9 heteroatoms. The molecule has 0 spiro atoms. The Morgan fingerprint density at radius 1 is 1.00 bits per heavy atom. The molecule has 1 fully saturated rings. The molecular formula is C25H28N2O7. The summed E-state index contributed by atoms with van der Waals surface area (Å²) in [5.74, 6) is -0.411. The Bertz CT molecular complexity index is 1060. The van der Waals surface area contributed by atoms with Crippen LogP contribution in [0.3, 0.4) is 0 Å². The molecule has 4 rings (SSSR count). The molecule has 180 valence electrons. The van der Waals surface area contributed by atoms with Gasteiger partial charge in [-0.2, -0.15) is 0 Å². The number of nitrogens with one attached hydrogen (secondary N) is 1. The first-order chi connectivity index (χ1) is 16.3. The minimum atomic E-state index is -1.92. The van der Waals surface area contributed by atoms with Gasteiger partial charge in [0.15, 0.2) is 23.7 Å². The number of rotatable bonds is 7. The van der Waals surface area contributed by atoms with Crippen molar-refractivity contribution in [1.82, 2.24) is 10.2 Å². The number of Topliss-reactive ketones (excluding diaryl/α,β-unsaturated/α-hetero) is 1. The van der Waals surface area contributed by atoms with E-state index in [2.05, 4.69) is 5.32 Å². The van der Waals surface area contributed by atoms with E-state index in [1.54, 1.807) is 25.1 Å². The van der Waals surface area contributed by atoms with Crippen molar-refractivity contribution < 1.29 is 34.1 Å². The van der Waals surface area contributed by atoms with Crippen LogP contribution in [0.2, 0.25) is 0 Å². The first-order valence-electron chi connectivity index (χ1n) is 11.2. The lowest BCUT2D eigenvalue weighted by Gasteiger charge is -2.41. The van der Waals surface area contributed by atoms with E-state index >= 15 is 0 Å². The fraction of sp³-hybridized carbons (Fsp3) is 0.400. The lowest BCUT2D eigenvalue weighted by atomic mass is 9.70. The summed E-state index contributed by atoms with van der Waals surface area (Å²) in [6, 6.07) is 14.6. The van der Waals surface area contributed by atoms with Gasteiger partial charge in [0.2, 0.25) is 6.79 Å². The summed E-state index contributed by atoms with van der Waals surface area (Å²) in [4.78, 5) is 39.1. The maximum Gasteiger partial charge on any atom is 0.254 e. The zero-order valence-electron chi connectivity index (χ0n) is 18.9. The van der Waals surface area contributed by atoms with Crippen LogP contribution in [0.5, 0.6) is 11.5 Å². The Morgan fingerprint density at radius 3 is 2.35 bits per heavy atom. The van der Waals surface area contributed by atoms with E-state index in [0.29, 0.717) is 29.9 Å². The van der Waals surface area contributed by atoms with Crippen molar-refractivity contribution in [3.05, 3.63) is 59.7 Å². The van der Waals surface area contributed by atoms with Crippen LogP contribution in [0, 0.1) is 0 Å². The molecule has 2 amide bonds. The quantitative estimate of drug-likeness (QED) is 0.551. The van der Waals surface area contributed by atoms with Gasteiger partial charge in [0.1, 0.15) is 5.78 Å². The number of carbonyl (C=O) groups excluding carboxylic acids is 3. The third kappa shape index (κ3) is 4.62. The lowest BCUT2D eigenvalue weighted by Crippen LogP contribution is -2.54. The molecule has 2 atom stereocenters. The highest BCUT2D eigenvalue weighted by Crippen LogP contribution is 2.37. The second-order valence-corrected chi connectivity index (χ2v) is 8.62. The van der Waals surface area contributed by atoms with Gasteiger partial charge in [0.05, 0.1) is 5.41 Å². The summed E-state index contributed by atoms with van der Waals surface area (Å²) in [5.41, 5.74) is 0.921. The highest BCUT2D eigenvalue weighted by Gasteiger charge is 2.43. The molecule has 2 aromatic rings. The zero-order valence-corrected chi connectivity index (χ0v) is 18.9. The molecule has 1 unspecified atom stereocenters. The molecule has 3 N–H and O–H groups in total. The largest absolute Gasteiger partial charge is 0.454 e. The fourth-order valence-corrected chi connectivity index (χ4v) is 4.52. The van der Waals surface area contributed by atoms with Crippen LogP contribution in [-0.2, 0) is 26.3 Å². The summed E-state index contributed by atoms with van der Waals surface area (Å²) < 4.78 is 10.5. The average Bonchev–Trinajstić information content (AvgIpc) is 3.34. The number of ketones is 1. The molecule has 2 aliphatic heterocycles. The molecule has 2 aliphatic rings. The number of fused-ring (bicyclic) bond motifs is 1. The van der Waals surface area contributed by atoms with Gasteiger partial charge in [-0.05, 0) is 43.0 Å². The molecule has 0 aliphatic carbocycles. The van der Waals surface area contributed by atoms with E-state index in [9.17, 15) is 24.6 Å². The SMILES string of the molecule is CC(=O)C1(c2ccccc2)CCN(C(=O)[C@H](O)C(O)C(=O)NCc2ccc3c(c2)OCO3)CC1. The van der Waals surface area contributed by atoms with Crippen LogP contribution in [0.1, 0.15) is 30.9 Å². The van der Waals surface area contributed by atoms with Gasteiger partial charge in [0.25, 0.3) is 11.8 Å². The zero-order chi connectivity index (χ0) is 24.3. The van der Waals surface area contributed by atoms with Gasteiger partial charge in [-0.25, -0.2) is 0 Å². The lowest BCUT2D eigenvalue weighted by molar-refractivity contribution is -0.154. The van der Waals surface area contributed by atoms with Gasteiger partial charge in [-0.3, -0.25) is 14.4 Å². The van der Waals surface area contributed by atoms with E-state index < -0.39 is 29.4 Å². The summed E-state index contributed by atoms with van der Waals surface area (Å²) in [5, 5.41) is 23.2. The van der Waals surface area contributed by atoms with Crippen LogP contribution in [0.25, 0.3) is 0 Å². The smallest absolute Gasteiger partial charge is 0.254 e. The fourth-order valence-electron chi connectivity index (χ4n) is 4.52. The molecule has 0 aromatic heterocycles. The molecule has 0 radical (unpaired) electrons. The molecule has 2 aromatic carbocycles. The number of piperidine rings is 1. The Kier molecular flexibility index (Phi) is 6.85. The van der Waals surface area contributed by atoms with Gasteiger partial charge < -0.3 is 29.9 Å². The second-order valence-electron chi connectivity index (χ2n) is 8.62. The summed E-state index contributed by atoms with van der Waals surface area (Å²) in [7, 11) is 0. The monoisotopic (exact) mass is 468 g/mol. The van der Waals surface area contributed by atoms with Crippen LogP contribution >= 0.6 is 0 Å². The van der Waals surface area contributed by atoms with E-state index in [1.807, 2.05) is 30.3 Å². The standard InChI is InChI=1S/C25H28N2O7/c1-16(28)25(18-5-3-2-4-6-18)9-11-27(12-10-25)24(32)22(30)21(29)23(31)26-14-17-7-8-19-20(13-17)34-15-33-19/h2-8,13,21-22,29-30H,9-12,14-15H2,1H3,(H,26,31)/t21?,22-/m1/s1. The molecule has 34 heavy (non-hydrogen) atoms. The topological polar surface area (TPSA) is 125 Å². The third-order valence-electron chi connectivity index (χ3n) is 6.65. The number of amides is 2. The maximum atomic E-state index is 12.8. The first kappa shape index (κ1) is 23.7. The van der Waals surface area contributed by atoms with Crippen molar-refractivity contribution in [1.29, 1.82) is 0 Å². The second kappa shape index (κ2) is 9.82. The number of likely N-dealkylation sites (tertiary alicyclic amines) is 1. The minimum absolute atomic E-state index is 0.0225. The molecule has 9 nitrogen and oxygen atoms in total. The average molecular weight is 469 g/mol. The number of aliphatic hydroxyl groups is 2. The van der Waals surface area contributed by atoms with E-state index in [4.69, 9.17) is 9.47 Å². The predicted octanol–water partition coefficient (Wildman–Crippen LogP) is 0.903. The number of hydrogen-bond donors (Lipinski definition) is 3. The van der Waals surface area contributed by atoms with Crippen molar-refractivity contribution in [3.8, 4) is 11.5 Å². The van der Waals surface area contributed by atoms with Crippen LogP contribution in [0.4, 0.5) is 0 Å². The van der Waals surface area contributed by atoms with Gasteiger partial charge in [0, 0.05) is 19.6 Å². The van der Waals surface area contributed by atoms with Crippen molar-refractivity contribution in [2.75, 3.05) is 19.9 Å². The number of ether oxygens (including phenoxy) is 2. The molecule has 2 heterocycles. The summed E-state index contributed by atoms with van der Waals surface area (Å²) in [6.45, 7) is 2.22. The summed E-state index contributed by atoms with van der Waals surface area (Å²) in [6.07, 6.45) is -3.03. The van der Waals surface area contributed by atoms with Crippen molar-refractivity contribution in [2.24, 2.45) is 0 Å². The number of aliphatic hydroxyl groups excluding tert-OH is 2. The number of benzene rings is 2. The highest BCUT2D eigenvalue weighted by atomic mass is 16.7. The van der Waals surface area contributed by atoms with Crippen molar-refractivity contribution >= 4 is 17.6 Å². The van der Waals surface area contributed by atoms with Crippen molar-refractivity contribution in [2.45, 2.75) is 43.9 Å². The Labute approximate surface area is 197 Å². The maximum absolute atomic E-state index is 12.8. The highest BCUT2D eigenvalue weighted by molar-refractivity contribution is 5.91. The van der Waals surface area contributed by atoms with Gasteiger partial charge in [-0.1, -0.05) is 36.4 Å². The predicted molar refractivity (Wildman–Crippen MR) is 121 cm³/mol. The molecular weight excluding hydrogens is 440 g/mol. The van der Waals surface area contributed by atoms with E-state index in [-0.39, 0.29) is 32.2 Å². The van der Waals surface area contributed by atoms with E-state index in [1.165, 1.54) is 4.90 Å². The Balaban J connectivity index is 1.33. The third-order valence-corrected chi connectivity index (χ3v) is 6.65. The number of nitrogens with zero attached hydrogens (tertiary/aromatic N) is 1. The van der Waals surface area contributed by atoms with Gasteiger partial charge in [-0.15, -0.1) is 0 Å². The normalized spacial score (nSPS) is 18.1. The van der Waals surface area contributed by atoms with Crippen LogP contribution in [-0.4, -0.2) is 64.8 Å². The number of carbonyl (C=O) groups is 3. The summed E-state index contributed by atoms with van der Waals surface area (Å²) >= 11 is 0. The minimum Gasteiger partial charge on any atom is -0.454 e. The van der Waals surface area contributed by atoms with E-state index in [0.717, 1.165) is 5.56 Å². The molecule has 0 saturated carbocycles. The number of hydrogen-bond acceptors (Lipinski definition) is 7. The van der Waals surface area contributed by atoms with Crippen LogP contribution < -0.4 is 14.8 Å². The molecule has 1 saturated heterocycles. The van der Waals surface area contributed by atoms with Crippen LogP contribution in [0.15, 0.2) is 48.5 Å². The Hall–Kier alpha value is -3.43. The van der Waals surface area contributed by atoms with Crippen molar-refractivity contribution in [3.63, 3.8) is 0 Å². The molecule has 0 bridgehead atoms. The first-order valence-corrected chi connectivity index (χ1v) is 11.2. The van der Waals surface area contributed by atoms with Gasteiger partial charge >= 0.3 is 0 Å². The Morgan fingerprint density at radius 2 is 1.68 bits per heavy atom.